The first-order chi connectivity index (χ1) is 15.2. The number of aromatic nitrogens is 1. The summed E-state index contributed by atoms with van der Waals surface area (Å²) in [4.78, 5) is 28.8. The Morgan fingerprint density at radius 1 is 1.12 bits per heavy atom. The van der Waals surface area contributed by atoms with Gasteiger partial charge in [0, 0.05) is 23.4 Å². The monoisotopic (exact) mass is 460 g/mol. The van der Waals surface area contributed by atoms with Crippen molar-refractivity contribution in [2.24, 2.45) is 5.41 Å². The van der Waals surface area contributed by atoms with E-state index in [1.807, 2.05) is 0 Å². The first-order valence-corrected chi connectivity index (χ1v) is 10.5. The normalized spacial score (nSPS) is 11.4. The molecule has 0 atom stereocenters. The Hall–Kier alpha value is -3.06. The van der Waals surface area contributed by atoms with Crippen LogP contribution >= 0.6 is 11.6 Å². The van der Waals surface area contributed by atoms with E-state index >= 15 is 0 Å². The third-order valence-electron chi connectivity index (χ3n) is 5.28. The van der Waals surface area contributed by atoms with Crippen molar-refractivity contribution >= 4 is 40.1 Å². The van der Waals surface area contributed by atoms with Gasteiger partial charge in [-0.2, -0.15) is 0 Å². The molecular weight excluding hydrogens is 438 g/mol. The third kappa shape index (κ3) is 6.01. The molecule has 3 rings (SSSR count). The average molecular weight is 461 g/mol. The number of halogens is 3. The fourth-order valence-electron chi connectivity index (χ4n) is 3.19. The number of nitrogens with one attached hydrogen (secondary N) is 1. The zero-order valence-corrected chi connectivity index (χ0v) is 18.5. The lowest BCUT2D eigenvalue weighted by atomic mass is 9.82. The van der Waals surface area contributed by atoms with Crippen LogP contribution in [-0.2, 0) is 16.0 Å². The van der Waals surface area contributed by atoms with Gasteiger partial charge in [0.1, 0.15) is 23.2 Å². The summed E-state index contributed by atoms with van der Waals surface area (Å²) in [6.45, 7) is 3.56. The molecule has 0 fully saturated rings. The molecule has 2 aromatic carbocycles. The summed E-state index contributed by atoms with van der Waals surface area (Å²) >= 11 is 5.94. The standard InChI is InChI=1S/C24H23ClF2N2O3/c1-24(2,20(30)9-7-15-4-3-5-19(27)22(15)25)10-11-32-23(31)29-21-13-17-12-18(26)8-6-16(17)14-28-21/h3-6,8,12-14H,7,9-11H2,1-2H3,(H,28,29,31). The highest BCUT2D eigenvalue weighted by molar-refractivity contribution is 6.31. The quantitative estimate of drug-likeness (QED) is 0.426. The van der Waals surface area contributed by atoms with Crippen LogP contribution in [-0.4, -0.2) is 23.5 Å². The fourth-order valence-corrected chi connectivity index (χ4v) is 3.41. The number of nitrogens with zero attached hydrogens (tertiary/aromatic N) is 1. The number of benzene rings is 2. The number of anilines is 1. The molecule has 0 bridgehead atoms. The average Bonchev–Trinajstić information content (AvgIpc) is 2.74. The molecule has 1 amide bonds. The number of carbonyl (C=O) groups is 2. The maximum atomic E-state index is 13.5. The van der Waals surface area contributed by atoms with E-state index in [0.717, 1.165) is 5.39 Å². The minimum Gasteiger partial charge on any atom is -0.449 e. The van der Waals surface area contributed by atoms with Crippen molar-refractivity contribution < 1.29 is 23.1 Å². The first kappa shape index (κ1) is 23.6. The van der Waals surface area contributed by atoms with E-state index < -0.39 is 17.3 Å². The van der Waals surface area contributed by atoms with Gasteiger partial charge in [0.25, 0.3) is 0 Å². The topological polar surface area (TPSA) is 68.3 Å². The molecule has 32 heavy (non-hydrogen) atoms. The molecule has 3 aromatic rings. The number of rotatable bonds is 8. The molecule has 0 spiro atoms. The number of ketones is 1. The summed E-state index contributed by atoms with van der Waals surface area (Å²) in [5, 5.41) is 3.87. The smallest absolute Gasteiger partial charge is 0.412 e. The van der Waals surface area contributed by atoms with Gasteiger partial charge < -0.3 is 4.74 Å². The number of ether oxygens (including phenoxy) is 1. The van der Waals surface area contributed by atoms with E-state index in [1.54, 1.807) is 38.1 Å². The molecule has 168 valence electrons. The van der Waals surface area contributed by atoms with Crippen LogP contribution in [0.3, 0.4) is 0 Å². The number of amides is 1. The second-order valence-corrected chi connectivity index (χ2v) is 8.47. The highest BCUT2D eigenvalue weighted by atomic mass is 35.5. The fraction of sp³-hybridized carbons (Fsp3) is 0.292. The first-order valence-electron chi connectivity index (χ1n) is 10.1. The number of hydrogen-bond donors (Lipinski definition) is 1. The number of aryl methyl sites for hydroxylation is 1. The summed E-state index contributed by atoms with van der Waals surface area (Å²) in [6, 6.07) is 10.3. The van der Waals surface area contributed by atoms with E-state index in [2.05, 4.69) is 10.3 Å². The molecule has 0 radical (unpaired) electrons. The second-order valence-electron chi connectivity index (χ2n) is 8.09. The Morgan fingerprint density at radius 3 is 2.69 bits per heavy atom. The van der Waals surface area contributed by atoms with Crippen LogP contribution in [0.15, 0.2) is 48.7 Å². The van der Waals surface area contributed by atoms with Gasteiger partial charge in [0.05, 0.1) is 11.6 Å². The van der Waals surface area contributed by atoms with Crippen molar-refractivity contribution in [1.29, 1.82) is 0 Å². The molecule has 0 saturated carbocycles. The van der Waals surface area contributed by atoms with Crippen LogP contribution in [0.1, 0.15) is 32.3 Å². The van der Waals surface area contributed by atoms with Gasteiger partial charge in [-0.15, -0.1) is 0 Å². The summed E-state index contributed by atoms with van der Waals surface area (Å²) in [6.07, 6.45) is 1.64. The zero-order chi connectivity index (χ0) is 23.3. The predicted molar refractivity (Wildman–Crippen MR) is 120 cm³/mol. The SMILES string of the molecule is CC(C)(CCOC(=O)Nc1cc2cc(F)ccc2cn1)C(=O)CCc1cccc(F)c1Cl. The summed E-state index contributed by atoms with van der Waals surface area (Å²) in [5.74, 6) is -0.708. The van der Waals surface area contributed by atoms with Gasteiger partial charge in [0.15, 0.2) is 0 Å². The molecule has 0 aliphatic carbocycles. The maximum Gasteiger partial charge on any atom is 0.412 e. The van der Waals surface area contributed by atoms with Crippen LogP contribution in [0.5, 0.6) is 0 Å². The number of carbonyl (C=O) groups excluding carboxylic acids is 2. The Morgan fingerprint density at radius 2 is 1.91 bits per heavy atom. The second kappa shape index (κ2) is 10.0. The van der Waals surface area contributed by atoms with Gasteiger partial charge >= 0.3 is 6.09 Å². The van der Waals surface area contributed by atoms with Gasteiger partial charge in [-0.1, -0.05) is 37.6 Å². The van der Waals surface area contributed by atoms with Crippen molar-refractivity contribution in [1.82, 2.24) is 4.98 Å². The molecule has 0 saturated heterocycles. The third-order valence-corrected chi connectivity index (χ3v) is 5.71. The van der Waals surface area contributed by atoms with Crippen LogP contribution in [0, 0.1) is 17.0 Å². The lowest BCUT2D eigenvalue weighted by Gasteiger charge is -2.23. The number of pyridine rings is 1. The minimum absolute atomic E-state index is 0.0213. The molecule has 0 aliphatic heterocycles. The molecule has 1 N–H and O–H groups in total. The number of fused-ring (bicyclic) bond motifs is 1. The Labute approximate surface area is 189 Å². The summed E-state index contributed by atoms with van der Waals surface area (Å²) in [7, 11) is 0. The Kier molecular flexibility index (Phi) is 7.40. The van der Waals surface area contributed by atoms with Gasteiger partial charge in [-0.3, -0.25) is 10.1 Å². The van der Waals surface area contributed by atoms with Crippen molar-refractivity contribution in [3.8, 4) is 0 Å². The van der Waals surface area contributed by atoms with E-state index in [0.29, 0.717) is 23.8 Å². The van der Waals surface area contributed by atoms with Gasteiger partial charge in [-0.05, 0) is 54.1 Å². The molecule has 8 heteroatoms. The highest BCUT2D eigenvalue weighted by Crippen LogP contribution is 2.27. The van der Waals surface area contributed by atoms with Crippen molar-refractivity contribution in [2.45, 2.75) is 33.1 Å². The van der Waals surface area contributed by atoms with Crippen LogP contribution in [0.25, 0.3) is 10.8 Å². The lowest BCUT2D eigenvalue weighted by molar-refractivity contribution is -0.127. The van der Waals surface area contributed by atoms with Crippen molar-refractivity contribution in [3.05, 3.63) is 70.9 Å². The summed E-state index contributed by atoms with van der Waals surface area (Å²) < 4.78 is 32.1. The predicted octanol–water partition coefficient (Wildman–Crippen LogP) is 6.33. The Balaban J connectivity index is 1.48. The zero-order valence-electron chi connectivity index (χ0n) is 17.8. The maximum absolute atomic E-state index is 13.5. The molecule has 0 aliphatic rings. The van der Waals surface area contributed by atoms with Crippen LogP contribution in [0.2, 0.25) is 5.02 Å². The molecule has 1 aromatic heterocycles. The molecule has 1 heterocycles. The number of hydrogen-bond acceptors (Lipinski definition) is 4. The molecular formula is C24H23ClF2N2O3. The van der Waals surface area contributed by atoms with Gasteiger partial charge in [-0.25, -0.2) is 18.6 Å². The highest BCUT2D eigenvalue weighted by Gasteiger charge is 2.27. The van der Waals surface area contributed by atoms with E-state index in [-0.39, 0.29) is 35.5 Å². The van der Waals surface area contributed by atoms with E-state index in [1.165, 1.54) is 24.4 Å². The van der Waals surface area contributed by atoms with Crippen LogP contribution in [0.4, 0.5) is 19.4 Å². The van der Waals surface area contributed by atoms with Crippen molar-refractivity contribution in [3.63, 3.8) is 0 Å². The lowest BCUT2D eigenvalue weighted by Crippen LogP contribution is -2.27. The van der Waals surface area contributed by atoms with E-state index in [9.17, 15) is 18.4 Å². The minimum atomic E-state index is -0.737. The van der Waals surface area contributed by atoms with Gasteiger partial charge in [0.2, 0.25) is 0 Å². The van der Waals surface area contributed by atoms with E-state index in [4.69, 9.17) is 16.3 Å². The Bertz CT molecular complexity index is 1150. The largest absolute Gasteiger partial charge is 0.449 e. The molecule has 5 nitrogen and oxygen atoms in total. The van der Waals surface area contributed by atoms with Crippen molar-refractivity contribution in [2.75, 3.05) is 11.9 Å². The molecule has 0 unspecified atom stereocenters. The van der Waals surface area contributed by atoms with Crippen LogP contribution < -0.4 is 5.32 Å². The summed E-state index contributed by atoms with van der Waals surface area (Å²) in [5.41, 5.74) is -0.159. The number of Topliss-reactive ketones (excluding diaryl/α,β-unsaturated/α-hetero) is 1.